The summed E-state index contributed by atoms with van der Waals surface area (Å²) < 4.78 is 0.689. The van der Waals surface area contributed by atoms with E-state index in [0.717, 1.165) is 4.90 Å². The molecule has 2 N–H and O–H groups in total. The van der Waals surface area contributed by atoms with E-state index in [0.29, 0.717) is 10.0 Å². The second kappa shape index (κ2) is 7.57. The number of hydrogen-bond acceptors (Lipinski definition) is 4. The first-order valence-electron chi connectivity index (χ1n) is 7.51. The molecular formula is C16H18BrN3O4. The Morgan fingerprint density at radius 2 is 1.71 bits per heavy atom. The molecular weight excluding hydrogens is 378 g/mol. The zero-order valence-electron chi connectivity index (χ0n) is 13.4. The number of carbonyl (C=O) groups is 4. The van der Waals surface area contributed by atoms with Crippen molar-refractivity contribution in [1.29, 1.82) is 0 Å². The summed E-state index contributed by atoms with van der Waals surface area (Å²) in [5.41, 5.74) is 0.576. The molecule has 1 aromatic rings. The number of hydrogen-bond donors (Lipinski definition) is 2. The summed E-state index contributed by atoms with van der Waals surface area (Å²) in [5.74, 6) is -1.65. The fraction of sp³-hybridized carbons (Fsp3) is 0.375. The SMILES string of the molecule is CC(C)C(=O)NCCNC(=O)CN1C(=O)c2ccc(Br)cc2C1=O. The van der Waals surface area contributed by atoms with E-state index in [-0.39, 0.29) is 37.0 Å². The summed E-state index contributed by atoms with van der Waals surface area (Å²) in [6.45, 7) is 3.72. The highest BCUT2D eigenvalue weighted by molar-refractivity contribution is 9.10. The van der Waals surface area contributed by atoms with Gasteiger partial charge in [0.05, 0.1) is 11.1 Å². The number of amides is 4. The van der Waals surface area contributed by atoms with Crippen LogP contribution in [0.25, 0.3) is 0 Å². The molecule has 2 rings (SSSR count). The topological polar surface area (TPSA) is 95.6 Å². The van der Waals surface area contributed by atoms with Gasteiger partial charge < -0.3 is 10.6 Å². The molecule has 1 aliphatic rings. The van der Waals surface area contributed by atoms with Gasteiger partial charge in [-0.1, -0.05) is 29.8 Å². The van der Waals surface area contributed by atoms with Gasteiger partial charge in [-0.05, 0) is 18.2 Å². The van der Waals surface area contributed by atoms with Gasteiger partial charge >= 0.3 is 0 Å². The van der Waals surface area contributed by atoms with Crippen molar-refractivity contribution in [2.24, 2.45) is 5.92 Å². The quantitative estimate of drug-likeness (QED) is 0.553. The van der Waals surface area contributed by atoms with Crippen molar-refractivity contribution in [3.63, 3.8) is 0 Å². The molecule has 128 valence electrons. The fourth-order valence-corrected chi connectivity index (χ4v) is 2.56. The first kappa shape index (κ1) is 18.1. The number of halogens is 1. The molecule has 0 bridgehead atoms. The Morgan fingerprint density at radius 1 is 1.08 bits per heavy atom. The predicted molar refractivity (Wildman–Crippen MR) is 90.4 cm³/mol. The maximum Gasteiger partial charge on any atom is 0.262 e. The van der Waals surface area contributed by atoms with Crippen LogP contribution in [0.5, 0.6) is 0 Å². The Morgan fingerprint density at radius 3 is 2.38 bits per heavy atom. The summed E-state index contributed by atoms with van der Waals surface area (Å²) in [5, 5.41) is 5.24. The van der Waals surface area contributed by atoms with Crippen LogP contribution in [0.2, 0.25) is 0 Å². The van der Waals surface area contributed by atoms with E-state index in [2.05, 4.69) is 26.6 Å². The van der Waals surface area contributed by atoms with Crippen molar-refractivity contribution in [1.82, 2.24) is 15.5 Å². The van der Waals surface area contributed by atoms with Crippen molar-refractivity contribution < 1.29 is 19.2 Å². The maximum absolute atomic E-state index is 12.2. The molecule has 0 spiro atoms. The minimum atomic E-state index is -0.487. The molecule has 0 saturated carbocycles. The molecule has 0 aliphatic carbocycles. The van der Waals surface area contributed by atoms with Gasteiger partial charge in [0.25, 0.3) is 11.8 Å². The number of imide groups is 1. The largest absolute Gasteiger partial charge is 0.354 e. The highest BCUT2D eigenvalue weighted by Gasteiger charge is 2.36. The predicted octanol–water partition coefficient (Wildman–Crippen LogP) is 0.933. The number of rotatable bonds is 6. The van der Waals surface area contributed by atoms with Gasteiger partial charge in [-0.3, -0.25) is 24.1 Å². The monoisotopic (exact) mass is 395 g/mol. The third kappa shape index (κ3) is 4.00. The van der Waals surface area contributed by atoms with Crippen LogP contribution < -0.4 is 10.6 Å². The molecule has 0 saturated heterocycles. The summed E-state index contributed by atoms with van der Waals surface area (Å²) in [6.07, 6.45) is 0. The van der Waals surface area contributed by atoms with Gasteiger partial charge in [-0.2, -0.15) is 0 Å². The Hall–Kier alpha value is -2.22. The molecule has 24 heavy (non-hydrogen) atoms. The van der Waals surface area contributed by atoms with Crippen LogP contribution in [0.3, 0.4) is 0 Å². The zero-order chi connectivity index (χ0) is 17.9. The lowest BCUT2D eigenvalue weighted by Crippen LogP contribution is -2.43. The Kier molecular flexibility index (Phi) is 5.71. The summed E-state index contributed by atoms with van der Waals surface area (Å²) in [6, 6.07) is 4.79. The van der Waals surface area contributed by atoms with Gasteiger partial charge in [-0.15, -0.1) is 0 Å². The highest BCUT2D eigenvalue weighted by Crippen LogP contribution is 2.25. The van der Waals surface area contributed by atoms with E-state index in [4.69, 9.17) is 0 Å². The molecule has 1 heterocycles. The first-order chi connectivity index (χ1) is 11.3. The van der Waals surface area contributed by atoms with E-state index in [1.54, 1.807) is 32.0 Å². The minimum Gasteiger partial charge on any atom is -0.354 e. The van der Waals surface area contributed by atoms with Crippen LogP contribution in [0.1, 0.15) is 34.6 Å². The van der Waals surface area contributed by atoms with E-state index < -0.39 is 17.7 Å². The number of benzene rings is 1. The Balaban J connectivity index is 1.86. The van der Waals surface area contributed by atoms with Gasteiger partial charge in [0.2, 0.25) is 11.8 Å². The number of fused-ring (bicyclic) bond motifs is 1. The molecule has 8 heteroatoms. The minimum absolute atomic E-state index is 0.102. The summed E-state index contributed by atoms with van der Waals surface area (Å²) in [4.78, 5) is 48.6. The second-order valence-electron chi connectivity index (χ2n) is 5.68. The van der Waals surface area contributed by atoms with Crippen molar-refractivity contribution in [3.8, 4) is 0 Å². The van der Waals surface area contributed by atoms with Crippen molar-refractivity contribution in [3.05, 3.63) is 33.8 Å². The fourth-order valence-electron chi connectivity index (χ4n) is 2.20. The Labute approximate surface area is 147 Å². The lowest BCUT2D eigenvalue weighted by molar-refractivity contribution is -0.124. The van der Waals surface area contributed by atoms with Crippen molar-refractivity contribution >= 4 is 39.6 Å². The van der Waals surface area contributed by atoms with Crippen LogP contribution in [-0.4, -0.2) is 48.2 Å². The van der Waals surface area contributed by atoms with E-state index in [1.807, 2.05) is 0 Å². The smallest absolute Gasteiger partial charge is 0.262 e. The van der Waals surface area contributed by atoms with Gasteiger partial charge in [0.1, 0.15) is 6.54 Å². The van der Waals surface area contributed by atoms with Crippen LogP contribution in [-0.2, 0) is 9.59 Å². The van der Waals surface area contributed by atoms with E-state index >= 15 is 0 Å². The first-order valence-corrected chi connectivity index (χ1v) is 8.30. The number of carbonyl (C=O) groups excluding carboxylic acids is 4. The molecule has 0 unspecified atom stereocenters. The van der Waals surface area contributed by atoms with E-state index in [9.17, 15) is 19.2 Å². The van der Waals surface area contributed by atoms with Crippen LogP contribution in [0.15, 0.2) is 22.7 Å². The van der Waals surface area contributed by atoms with Crippen LogP contribution in [0.4, 0.5) is 0 Å². The third-order valence-electron chi connectivity index (χ3n) is 3.51. The molecule has 1 aliphatic heterocycles. The van der Waals surface area contributed by atoms with Crippen molar-refractivity contribution in [2.75, 3.05) is 19.6 Å². The molecule has 0 atom stereocenters. The summed E-state index contributed by atoms with van der Waals surface area (Å²) >= 11 is 3.25. The highest BCUT2D eigenvalue weighted by atomic mass is 79.9. The molecule has 4 amide bonds. The molecule has 1 aromatic carbocycles. The zero-order valence-corrected chi connectivity index (χ0v) is 15.0. The Bertz CT molecular complexity index is 703. The lowest BCUT2D eigenvalue weighted by Gasteiger charge is -2.14. The van der Waals surface area contributed by atoms with Crippen molar-refractivity contribution in [2.45, 2.75) is 13.8 Å². The van der Waals surface area contributed by atoms with Gasteiger partial charge in [0.15, 0.2) is 0 Å². The molecule has 7 nitrogen and oxygen atoms in total. The van der Waals surface area contributed by atoms with Gasteiger partial charge in [0, 0.05) is 23.5 Å². The average molecular weight is 396 g/mol. The average Bonchev–Trinajstić information content (AvgIpc) is 2.75. The second-order valence-corrected chi connectivity index (χ2v) is 6.60. The number of nitrogens with one attached hydrogen (secondary N) is 2. The summed E-state index contributed by atoms with van der Waals surface area (Å²) in [7, 11) is 0. The molecule has 0 radical (unpaired) electrons. The lowest BCUT2D eigenvalue weighted by atomic mass is 10.1. The van der Waals surface area contributed by atoms with Crippen LogP contribution >= 0.6 is 15.9 Å². The third-order valence-corrected chi connectivity index (χ3v) is 4.00. The van der Waals surface area contributed by atoms with Gasteiger partial charge in [-0.25, -0.2) is 0 Å². The number of nitrogens with zero attached hydrogens (tertiary/aromatic N) is 1. The standard InChI is InChI=1S/C16H18BrN3O4/c1-9(2)14(22)19-6-5-18-13(21)8-20-15(23)11-4-3-10(17)7-12(11)16(20)24/h3-4,7,9H,5-6,8H2,1-2H3,(H,18,21)(H,19,22). The molecule has 0 fully saturated rings. The normalized spacial score (nSPS) is 13.2. The van der Waals surface area contributed by atoms with Crippen LogP contribution in [0, 0.1) is 5.92 Å². The van der Waals surface area contributed by atoms with E-state index in [1.165, 1.54) is 0 Å². The maximum atomic E-state index is 12.2. The molecule has 0 aromatic heterocycles.